The number of carbonyl (C=O) groups excluding carboxylic acids is 1. The van der Waals surface area contributed by atoms with E-state index in [-0.39, 0.29) is 24.7 Å². The second-order valence-corrected chi connectivity index (χ2v) is 5.89. The Balaban J connectivity index is 1.96. The normalized spacial score (nSPS) is 23.1. The zero-order valence-electron chi connectivity index (χ0n) is 12.9. The van der Waals surface area contributed by atoms with Crippen molar-refractivity contribution in [3.05, 3.63) is 29.8 Å². The van der Waals surface area contributed by atoms with Crippen molar-refractivity contribution in [2.24, 2.45) is 5.73 Å². The first-order valence-electron chi connectivity index (χ1n) is 7.35. The minimum Gasteiger partial charge on any atom is -0.491 e. The third-order valence-corrected chi connectivity index (χ3v) is 3.60. The van der Waals surface area contributed by atoms with E-state index >= 15 is 0 Å². The van der Waals surface area contributed by atoms with Crippen molar-refractivity contribution >= 4 is 5.91 Å². The van der Waals surface area contributed by atoms with Crippen LogP contribution < -0.4 is 15.8 Å². The van der Waals surface area contributed by atoms with Gasteiger partial charge < -0.3 is 20.5 Å². The summed E-state index contributed by atoms with van der Waals surface area (Å²) in [6.45, 7) is 6.74. The fourth-order valence-electron chi connectivity index (χ4n) is 2.29. The van der Waals surface area contributed by atoms with E-state index < -0.39 is 5.54 Å². The molecule has 0 spiro atoms. The Morgan fingerprint density at radius 2 is 2.00 bits per heavy atom. The summed E-state index contributed by atoms with van der Waals surface area (Å²) >= 11 is 0. The molecule has 1 amide bonds. The molecule has 5 nitrogen and oxygen atoms in total. The molecule has 2 unspecified atom stereocenters. The average Bonchev–Trinajstić information content (AvgIpc) is 2.87. The Morgan fingerprint density at radius 3 is 2.52 bits per heavy atom. The van der Waals surface area contributed by atoms with E-state index in [0.717, 1.165) is 11.3 Å². The molecule has 1 saturated heterocycles. The molecule has 3 N–H and O–H groups in total. The summed E-state index contributed by atoms with van der Waals surface area (Å²) in [5.41, 5.74) is 6.17. The van der Waals surface area contributed by atoms with Crippen molar-refractivity contribution in [3.63, 3.8) is 0 Å². The van der Waals surface area contributed by atoms with Crippen molar-refractivity contribution < 1.29 is 14.3 Å². The first kappa shape index (κ1) is 15.8. The van der Waals surface area contributed by atoms with Gasteiger partial charge in [0.25, 0.3) is 0 Å². The summed E-state index contributed by atoms with van der Waals surface area (Å²) in [6, 6.07) is 7.63. The third kappa shape index (κ3) is 3.95. The topological polar surface area (TPSA) is 73.6 Å². The smallest absolute Gasteiger partial charge is 0.243 e. The van der Waals surface area contributed by atoms with Crippen LogP contribution in [-0.4, -0.2) is 30.8 Å². The Kier molecular flexibility index (Phi) is 4.85. The van der Waals surface area contributed by atoms with E-state index in [1.54, 1.807) is 0 Å². The number of hydrogen-bond acceptors (Lipinski definition) is 4. The lowest BCUT2D eigenvalue weighted by atomic mass is 9.98. The molecule has 0 aliphatic carbocycles. The lowest BCUT2D eigenvalue weighted by Crippen LogP contribution is -2.54. The minimum absolute atomic E-state index is 0.105. The Bertz CT molecular complexity index is 479. The number of carbonyl (C=O) groups is 1. The molecule has 0 aromatic heterocycles. The first-order valence-corrected chi connectivity index (χ1v) is 7.35. The predicted octanol–water partition coefficient (Wildman–Crippen LogP) is 1.77. The summed E-state index contributed by atoms with van der Waals surface area (Å²) in [5, 5.41) is 2.95. The van der Waals surface area contributed by atoms with Gasteiger partial charge in [0.15, 0.2) is 0 Å². The molecule has 1 aromatic rings. The van der Waals surface area contributed by atoms with Crippen LogP contribution in [0.1, 0.15) is 38.8 Å². The maximum absolute atomic E-state index is 12.2. The van der Waals surface area contributed by atoms with E-state index in [1.165, 1.54) is 0 Å². The molecular weight excluding hydrogens is 268 g/mol. The van der Waals surface area contributed by atoms with Crippen LogP contribution in [0.2, 0.25) is 0 Å². The van der Waals surface area contributed by atoms with E-state index in [9.17, 15) is 4.79 Å². The molecule has 1 aromatic carbocycles. The summed E-state index contributed by atoms with van der Waals surface area (Å²) in [5.74, 6) is 0.668. The molecule has 5 heteroatoms. The number of rotatable bonds is 5. The predicted molar refractivity (Wildman–Crippen MR) is 81.1 cm³/mol. The van der Waals surface area contributed by atoms with Gasteiger partial charge in [-0.3, -0.25) is 4.79 Å². The van der Waals surface area contributed by atoms with E-state index in [0.29, 0.717) is 13.0 Å². The van der Waals surface area contributed by atoms with Crippen LogP contribution in [0.3, 0.4) is 0 Å². The number of hydrogen-bond donors (Lipinski definition) is 2. The molecule has 1 fully saturated rings. The third-order valence-electron chi connectivity index (χ3n) is 3.60. The van der Waals surface area contributed by atoms with Gasteiger partial charge in [0.2, 0.25) is 5.91 Å². The zero-order chi connectivity index (χ0) is 15.5. The molecule has 0 bridgehead atoms. The average molecular weight is 292 g/mol. The first-order chi connectivity index (χ1) is 9.90. The maximum Gasteiger partial charge on any atom is 0.243 e. The number of nitrogens with two attached hydrogens (primary N) is 1. The number of ether oxygens (including phenoxy) is 2. The van der Waals surface area contributed by atoms with E-state index in [1.807, 2.05) is 45.0 Å². The van der Waals surface area contributed by atoms with Crippen LogP contribution in [0.4, 0.5) is 0 Å². The van der Waals surface area contributed by atoms with Gasteiger partial charge in [0.05, 0.1) is 18.8 Å². The highest BCUT2D eigenvalue weighted by Crippen LogP contribution is 2.21. The second-order valence-electron chi connectivity index (χ2n) is 5.89. The molecule has 0 radical (unpaired) electrons. The zero-order valence-corrected chi connectivity index (χ0v) is 12.9. The summed E-state index contributed by atoms with van der Waals surface area (Å²) < 4.78 is 10.8. The molecular formula is C16H24N2O3. The second kappa shape index (κ2) is 6.45. The van der Waals surface area contributed by atoms with Gasteiger partial charge in [0.1, 0.15) is 11.3 Å². The van der Waals surface area contributed by atoms with Crippen molar-refractivity contribution in [3.8, 4) is 5.75 Å². The van der Waals surface area contributed by atoms with E-state index in [2.05, 4.69) is 5.32 Å². The molecule has 1 aliphatic heterocycles. The highest BCUT2D eigenvalue weighted by atomic mass is 16.5. The number of nitrogens with one attached hydrogen (secondary N) is 1. The van der Waals surface area contributed by atoms with Gasteiger partial charge in [-0.1, -0.05) is 12.1 Å². The largest absolute Gasteiger partial charge is 0.491 e. The van der Waals surface area contributed by atoms with Crippen molar-refractivity contribution in [2.45, 2.75) is 44.9 Å². The van der Waals surface area contributed by atoms with Crippen LogP contribution >= 0.6 is 0 Å². The van der Waals surface area contributed by atoms with Gasteiger partial charge in [-0.25, -0.2) is 0 Å². The Labute approximate surface area is 125 Å². The van der Waals surface area contributed by atoms with Crippen LogP contribution in [0.25, 0.3) is 0 Å². The summed E-state index contributed by atoms with van der Waals surface area (Å²) in [6.07, 6.45) is 0.708. The van der Waals surface area contributed by atoms with Gasteiger partial charge in [-0.15, -0.1) is 0 Å². The lowest BCUT2D eigenvalue weighted by molar-refractivity contribution is -0.127. The Morgan fingerprint density at radius 1 is 1.33 bits per heavy atom. The molecule has 116 valence electrons. The maximum atomic E-state index is 12.2. The van der Waals surface area contributed by atoms with Crippen LogP contribution in [0.15, 0.2) is 24.3 Å². The fourth-order valence-corrected chi connectivity index (χ4v) is 2.29. The highest BCUT2D eigenvalue weighted by Gasteiger charge is 2.38. The molecule has 0 saturated carbocycles. The summed E-state index contributed by atoms with van der Waals surface area (Å²) in [7, 11) is 0. The minimum atomic E-state index is -0.894. The van der Waals surface area contributed by atoms with Gasteiger partial charge in [0, 0.05) is 6.61 Å². The van der Waals surface area contributed by atoms with Crippen molar-refractivity contribution in [1.82, 2.24) is 5.32 Å². The van der Waals surface area contributed by atoms with Crippen LogP contribution in [0.5, 0.6) is 5.75 Å². The Hall–Kier alpha value is -1.59. The van der Waals surface area contributed by atoms with Gasteiger partial charge in [-0.05, 0) is 44.9 Å². The molecule has 2 rings (SSSR count). The van der Waals surface area contributed by atoms with Crippen molar-refractivity contribution in [1.29, 1.82) is 0 Å². The van der Waals surface area contributed by atoms with Crippen LogP contribution in [0, 0.1) is 0 Å². The monoisotopic (exact) mass is 292 g/mol. The molecule has 1 heterocycles. The van der Waals surface area contributed by atoms with E-state index in [4.69, 9.17) is 15.2 Å². The number of benzene rings is 1. The summed E-state index contributed by atoms with van der Waals surface area (Å²) in [4.78, 5) is 12.2. The van der Waals surface area contributed by atoms with Gasteiger partial charge >= 0.3 is 0 Å². The highest BCUT2D eigenvalue weighted by molar-refractivity contribution is 5.86. The molecule has 21 heavy (non-hydrogen) atoms. The van der Waals surface area contributed by atoms with Gasteiger partial charge in [-0.2, -0.15) is 0 Å². The number of amides is 1. The quantitative estimate of drug-likeness (QED) is 0.867. The van der Waals surface area contributed by atoms with Crippen molar-refractivity contribution in [2.75, 3.05) is 13.2 Å². The molecule has 1 aliphatic rings. The standard InChI is InChI=1S/C16H24N2O3/c1-11(2)21-14-6-4-13(5-7-14)12(3)18-15(19)16(17)8-9-20-10-16/h4-7,11-12H,8-10,17H2,1-3H3,(H,18,19). The lowest BCUT2D eigenvalue weighted by Gasteiger charge is -2.24. The fraction of sp³-hybridized carbons (Fsp3) is 0.562. The SMILES string of the molecule is CC(C)Oc1ccc(C(C)NC(=O)C2(N)CCOC2)cc1. The van der Waals surface area contributed by atoms with Crippen LogP contribution in [-0.2, 0) is 9.53 Å². The molecule has 2 atom stereocenters.